The smallest absolute Gasteiger partial charge is 0.274 e. The molecule has 0 aromatic carbocycles. The number of hydrogen-bond donors (Lipinski definition) is 0. The minimum absolute atomic E-state index is 0.153. The largest absolute Gasteiger partial charge is 0.350 e. The van der Waals surface area contributed by atoms with E-state index >= 15 is 0 Å². The molecule has 0 bridgehead atoms. The summed E-state index contributed by atoms with van der Waals surface area (Å²) in [5.41, 5.74) is 8.75. The van der Waals surface area contributed by atoms with Gasteiger partial charge in [-0.3, -0.25) is 14.8 Å². The van der Waals surface area contributed by atoms with Crippen LogP contribution in [0.15, 0.2) is 41.6 Å². The van der Waals surface area contributed by atoms with Crippen molar-refractivity contribution >= 4 is 11.5 Å². The van der Waals surface area contributed by atoms with Crippen LogP contribution in [0.3, 0.4) is 0 Å². The maximum Gasteiger partial charge on any atom is 0.274 e. The van der Waals surface area contributed by atoms with Gasteiger partial charge in [-0.1, -0.05) is 0 Å². The Morgan fingerprint density at radius 3 is 2.55 bits per heavy atom. The Hall–Kier alpha value is -3.61. The Kier molecular flexibility index (Phi) is 4.54. The topological polar surface area (TPSA) is 76.3 Å². The first kappa shape index (κ1) is 19.4. The van der Waals surface area contributed by atoms with Gasteiger partial charge in [0.15, 0.2) is 11.5 Å². The molecule has 7 heteroatoms. The van der Waals surface area contributed by atoms with Crippen LogP contribution < -0.4 is 10.5 Å². The van der Waals surface area contributed by atoms with Crippen molar-refractivity contribution in [2.24, 2.45) is 0 Å². The molecule has 0 radical (unpaired) electrons. The van der Waals surface area contributed by atoms with Crippen molar-refractivity contribution in [3.63, 3.8) is 0 Å². The third-order valence-corrected chi connectivity index (χ3v) is 6.00. The molecule has 4 aromatic rings. The van der Waals surface area contributed by atoms with Crippen LogP contribution in [0.25, 0.3) is 16.8 Å². The lowest BCUT2D eigenvalue weighted by Gasteiger charge is -2.31. The minimum Gasteiger partial charge on any atom is -0.350 e. The zero-order chi connectivity index (χ0) is 21.7. The van der Waals surface area contributed by atoms with Crippen molar-refractivity contribution in [3.8, 4) is 11.1 Å². The van der Waals surface area contributed by atoms with Crippen LogP contribution in [0.4, 0.5) is 5.82 Å². The first-order chi connectivity index (χ1) is 14.9. The van der Waals surface area contributed by atoms with Gasteiger partial charge in [-0.05, 0) is 51.0 Å². The Balaban J connectivity index is 1.56. The number of nitrogens with zero attached hydrogens (tertiary/aromatic N) is 6. The van der Waals surface area contributed by atoms with E-state index in [1.807, 2.05) is 39.4 Å². The molecule has 0 fully saturated rings. The van der Waals surface area contributed by atoms with Crippen LogP contribution in [0.2, 0.25) is 0 Å². The van der Waals surface area contributed by atoms with E-state index in [1.165, 1.54) is 16.1 Å². The van der Waals surface area contributed by atoms with Gasteiger partial charge in [0.2, 0.25) is 0 Å². The summed E-state index contributed by atoms with van der Waals surface area (Å²) in [4.78, 5) is 28.4. The molecule has 0 spiro atoms. The summed E-state index contributed by atoms with van der Waals surface area (Å²) in [7, 11) is 0. The van der Waals surface area contributed by atoms with Crippen molar-refractivity contribution in [3.05, 3.63) is 80.8 Å². The average Bonchev–Trinajstić information content (AvgIpc) is 2.76. The number of hydrogen-bond acceptors (Lipinski definition) is 6. The van der Waals surface area contributed by atoms with Crippen LogP contribution in [0.1, 0.15) is 33.6 Å². The monoisotopic (exact) mass is 412 g/mol. The zero-order valence-corrected chi connectivity index (χ0v) is 18.2. The average molecular weight is 412 g/mol. The highest BCUT2D eigenvalue weighted by molar-refractivity contribution is 5.64. The molecule has 1 aliphatic rings. The fourth-order valence-corrected chi connectivity index (χ4v) is 4.21. The summed E-state index contributed by atoms with van der Waals surface area (Å²) in [5, 5.41) is 4.70. The van der Waals surface area contributed by atoms with Gasteiger partial charge in [0, 0.05) is 77.8 Å². The van der Waals surface area contributed by atoms with Crippen molar-refractivity contribution < 1.29 is 0 Å². The molecule has 1 aliphatic heterocycles. The summed E-state index contributed by atoms with van der Waals surface area (Å²) in [6, 6.07) is 5.85. The van der Waals surface area contributed by atoms with E-state index in [9.17, 15) is 4.79 Å². The fraction of sp³-hybridized carbons (Fsp3) is 0.292. The van der Waals surface area contributed by atoms with E-state index in [-0.39, 0.29) is 5.56 Å². The van der Waals surface area contributed by atoms with Gasteiger partial charge in [-0.25, -0.2) is 4.98 Å². The molecule has 0 saturated carbocycles. The third kappa shape index (κ3) is 3.36. The van der Waals surface area contributed by atoms with Crippen LogP contribution in [-0.2, 0) is 13.0 Å². The number of aromatic nitrogens is 5. The van der Waals surface area contributed by atoms with E-state index in [0.29, 0.717) is 17.9 Å². The quantitative estimate of drug-likeness (QED) is 0.503. The zero-order valence-electron chi connectivity index (χ0n) is 18.2. The molecule has 5 rings (SSSR count). The Labute approximate surface area is 180 Å². The Morgan fingerprint density at radius 1 is 0.935 bits per heavy atom. The summed E-state index contributed by atoms with van der Waals surface area (Å²) in [5.74, 6) is 0.825. The van der Waals surface area contributed by atoms with Crippen LogP contribution >= 0.6 is 0 Å². The lowest BCUT2D eigenvalue weighted by Crippen LogP contribution is -2.34. The van der Waals surface area contributed by atoms with Gasteiger partial charge >= 0.3 is 0 Å². The molecule has 4 aromatic heterocycles. The van der Waals surface area contributed by atoms with Crippen molar-refractivity contribution in [1.29, 1.82) is 0 Å². The molecule has 7 nitrogen and oxygen atoms in total. The molecular weight excluding hydrogens is 388 g/mol. The van der Waals surface area contributed by atoms with Crippen LogP contribution in [-0.4, -0.2) is 31.1 Å². The highest BCUT2D eigenvalue weighted by Crippen LogP contribution is 2.29. The van der Waals surface area contributed by atoms with E-state index < -0.39 is 0 Å². The molecule has 0 atom stereocenters. The predicted octanol–water partition coefficient (Wildman–Crippen LogP) is 3.34. The fourth-order valence-electron chi connectivity index (χ4n) is 4.21. The van der Waals surface area contributed by atoms with E-state index in [0.717, 1.165) is 52.3 Å². The van der Waals surface area contributed by atoms with Gasteiger partial charge in [0.05, 0.1) is 0 Å². The highest BCUT2D eigenvalue weighted by Gasteiger charge is 2.23. The first-order valence-corrected chi connectivity index (χ1v) is 10.4. The number of anilines is 1. The van der Waals surface area contributed by atoms with E-state index in [4.69, 9.17) is 10.1 Å². The lowest BCUT2D eigenvalue weighted by atomic mass is 10.00. The lowest BCUT2D eigenvalue weighted by molar-refractivity contribution is 0.684. The molecule has 5 heterocycles. The second kappa shape index (κ2) is 7.27. The van der Waals surface area contributed by atoms with E-state index in [2.05, 4.69) is 33.9 Å². The number of fused-ring (bicyclic) bond motifs is 2. The molecule has 0 aliphatic carbocycles. The SMILES string of the molecule is Cc1cncc(-c2cnc3c(c2)CN(c2nn4c(=O)cc(C)nc4c(C)c2C)CC3)c1. The normalized spacial score (nSPS) is 13.5. The van der Waals surface area contributed by atoms with Gasteiger partial charge < -0.3 is 4.90 Å². The van der Waals surface area contributed by atoms with Crippen molar-refractivity contribution in [2.45, 2.75) is 40.7 Å². The summed E-state index contributed by atoms with van der Waals surface area (Å²) >= 11 is 0. The molecular formula is C24H24N6O. The van der Waals surface area contributed by atoms with Crippen LogP contribution in [0.5, 0.6) is 0 Å². The van der Waals surface area contributed by atoms with Crippen molar-refractivity contribution in [1.82, 2.24) is 24.6 Å². The predicted molar refractivity (Wildman–Crippen MR) is 120 cm³/mol. The van der Waals surface area contributed by atoms with E-state index in [1.54, 1.807) is 0 Å². The standard InChI is InChI=1S/C24H24N6O/c1-14-7-18(11-25-10-14)19-9-20-13-29(6-5-21(20)26-12-19)24-17(4)16(3)23-27-15(2)8-22(31)30(23)28-24/h7-12H,5-6,13H2,1-4H3. The molecule has 0 unspecified atom stereocenters. The highest BCUT2D eigenvalue weighted by atomic mass is 16.1. The Bertz CT molecular complexity index is 1390. The third-order valence-electron chi connectivity index (χ3n) is 6.00. The number of pyridine rings is 2. The number of rotatable bonds is 2. The van der Waals surface area contributed by atoms with Crippen molar-refractivity contribution in [2.75, 3.05) is 11.4 Å². The summed E-state index contributed by atoms with van der Waals surface area (Å²) < 4.78 is 1.42. The van der Waals surface area contributed by atoms with Gasteiger partial charge in [0.25, 0.3) is 5.56 Å². The Morgan fingerprint density at radius 2 is 1.74 bits per heavy atom. The summed E-state index contributed by atoms with van der Waals surface area (Å²) in [6.07, 6.45) is 6.49. The molecule has 0 saturated heterocycles. The first-order valence-electron chi connectivity index (χ1n) is 10.4. The number of aryl methyl sites for hydroxylation is 3. The second-order valence-electron chi connectivity index (χ2n) is 8.30. The van der Waals surface area contributed by atoms with Crippen LogP contribution in [0, 0.1) is 27.7 Å². The van der Waals surface area contributed by atoms with Gasteiger partial charge in [-0.15, -0.1) is 5.10 Å². The maximum absolute atomic E-state index is 12.6. The minimum atomic E-state index is -0.153. The summed E-state index contributed by atoms with van der Waals surface area (Å²) in [6.45, 7) is 9.43. The maximum atomic E-state index is 12.6. The molecule has 31 heavy (non-hydrogen) atoms. The molecule has 0 N–H and O–H groups in total. The molecule has 0 amide bonds. The van der Waals surface area contributed by atoms with Gasteiger partial charge in [0.1, 0.15) is 0 Å². The van der Waals surface area contributed by atoms with Gasteiger partial charge in [-0.2, -0.15) is 4.52 Å². The second-order valence-corrected chi connectivity index (χ2v) is 8.30. The molecule has 156 valence electrons.